The van der Waals surface area contributed by atoms with Gasteiger partial charge in [0, 0.05) is 42.1 Å². The molecule has 3 aromatic rings. The Bertz CT molecular complexity index is 1220. The molecule has 6 rings (SSSR count). The maximum atomic E-state index is 13.7. The predicted molar refractivity (Wildman–Crippen MR) is 114 cm³/mol. The normalized spacial score (nSPS) is 27.5. The predicted octanol–water partition coefficient (Wildman–Crippen LogP) is 4.47. The maximum absolute atomic E-state index is 13.7. The Morgan fingerprint density at radius 1 is 1.15 bits per heavy atom. The Morgan fingerprint density at radius 2 is 2.00 bits per heavy atom. The van der Waals surface area contributed by atoms with Gasteiger partial charge >= 0.3 is 6.18 Å². The number of carbonyl (C=O) groups is 1. The second kappa shape index (κ2) is 7.24. The minimum absolute atomic E-state index is 0.136. The lowest BCUT2D eigenvalue weighted by atomic mass is 10.1. The van der Waals surface area contributed by atoms with Crippen LogP contribution in [0, 0.1) is 24.7 Å². The van der Waals surface area contributed by atoms with E-state index in [0.717, 1.165) is 34.8 Å². The van der Waals surface area contributed by atoms with Gasteiger partial charge in [-0.1, -0.05) is 0 Å². The summed E-state index contributed by atoms with van der Waals surface area (Å²) in [5.74, 6) is 1.29. The molecule has 5 unspecified atom stereocenters. The lowest BCUT2D eigenvalue weighted by Gasteiger charge is -2.29. The average molecular weight is 472 g/mol. The van der Waals surface area contributed by atoms with Gasteiger partial charge in [-0.05, 0) is 48.8 Å². The highest BCUT2D eigenvalue weighted by atomic mass is 32.1. The number of hydrogen-bond donors (Lipinski definition) is 0. The molecule has 0 spiro atoms. The Morgan fingerprint density at radius 3 is 2.70 bits per heavy atom. The highest BCUT2D eigenvalue weighted by Crippen LogP contribution is 2.64. The van der Waals surface area contributed by atoms with E-state index < -0.39 is 11.7 Å². The molecule has 3 aromatic heterocycles. The summed E-state index contributed by atoms with van der Waals surface area (Å²) in [6, 6.07) is 3.94. The lowest BCUT2D eigenvalue weighted by Crippen LogP contribution is -2.45. The Hall–Kier alpha value is -3.01. The Balaban J connectivity index is 1.26. The number of hydrogen-bond acceptors (Lipinski definition) is 6. The second-order valence-electron chi connectivity index (χ2n) is 8.82. The number of halogens is 3. The summed E-state index contributed by atoms with van der Waals surface area (Å²) >= 11 is 1.46. The van der Waals surface area contributed by atoms with Crippen molar-refractivity contribution in [2.75, 3.05) is 6.54 Å². The fraction of sp³-hybridized carbons (Fsp3) is 0.391. The van der Waals surface area contributed by atoms with Crippen molar-refractivity contribution in [2.24, 2.45) is 17.8 Å². The number of aromatic nitrogens is 3. The summed E-state index contributed by atoms with van der Waals surface area (Å²) in [5, 5.41) is 2.61. The van der Waals surface area contributed by atoms with E-state index in [4.69, 9.17) is 4.74 Å². The molecular weight excluding hydrogens is 453 g/mol. The van der Waals surface area contributed by atoms with Crippen molar-refractivity contribution in [3.05, 3.63) is 59.0 Å². The van der Waals surface area contributed by atoms with Crippen LogP contribution in [-0.2, 0) is 6.18 Å². The standard InChI is InChI=1S/C23H19F3N4O2S/c1-11-4-5-27-19(17(11)21-28-6-7-33-21)22(31)30-10-14-13-8-15(20(30)18(13)14)32-16-3-2-12(9-29-16)23(24,25)26/h2-7,9,13-15,18,20H,8,10H2,1H3. The van der Waals surface area contributed by atoms with Gasteiger partial charge in [0.25, 0.3) is 5.91 Å². The third-order valence-electron chi connectivity index (χ3n) is 7.05. The van der Waals surface area contributed by atoms with Crippen LogP contribution in [-0.4, -0.2) is 44.4 Å². The molecule has 0 aromatic carbocycles. The van der Waals surface area contributed by atoms with Gasteiger partial charge in [0.05, 0.1) is 11.6 Å². The molecule has 0 N–H and O–H groups in total. The molecule has 2 saturated carbocycles. The van der Waals surface area contributed by atoms with E-state index in [1.54, 1.807) is 12.4 Å². The molecule has 3 aliphatic rings. The first-order chi connectivity index (χ1) is 15.8. The van der Waals surface area contributed by atoms with Gasteiger partial charge in [-0.15, -0.1) is 11.3 Å². The van der Waals surface area contributed by atoms with E-state index in [-0.39, 0.29) is 23.9 Å². The van der Waals surface area contributed by atoms with Crippen molar-refractivity contribution in [1.29, 1.82) is 0 Å². The molecule has 2 aliphatic carbocycles. The van der Waals surface area contributed by atoms with E-state index in [2.05, 4.69) is 15.0 Å². The molecule has 1 amide bonds. The number of pyridine rings is 2. The van der Waals surface area contributed by atoms with Gasteiger partial charge in [0.15, 0.2) is 0 Å². The minimum Gasteiger partial charge on any atom is -0.472 e. The molecule has 170 valence electrons. The van der Waals surface area contributed by atoms with Crippen LogP contribution in [0.15, 0.2) is 42.2 Å². The largest absolute Gasteiger partial charge is 0.472 e. The molecule has 0 bridgehead atoms. The van der Waals surface area contributed by atoms with Gasteiger partial charge in [-0.25, -0.2) is 9.97 Å². The molecule has 33 heavy (non-hydrogen) atoms. The summed E-state index contributed by atoms with van der Waals surface area (Å²) in [6.07, 6.45) is 0.135. The van der Waals surface area contributed by atoms with Gasteiger partial charge in [0.1, 0.15) is 16.8 Å². The molecule has 5 atom stereocenters. The second-order valence-corrected chi connectivity index (χ2v) is 9.71. The third-order valence-corrected chi connectivity index (χ3v) is 7.84. The summed E-state index contributed by atoms with van der Waals surface area (Å²) in [6.45, 7) is 2.58. The van der Waals surface area contributed by atoms with Crippen molar-refractivity contribution in [3.63, 3.8) is 0 Å². The van der Waals surface area contributed by atoms with Gasteiger partial charge < -0.3 is 9.64 Å². The third kappa shape index (κ3) is 3.30. The molecule has 1 saturated heterocycles. The summed E-state index contributed by atoms with van der Waals surface area (Å²) in [4.78, 5) is 28.2. The first-order valence-electron chi connectivity index (χ1n) is 10.7. The molecule has 3 fully saturated rings. The average Bonchev–Trinajstić information content (AvgIpc) is 3.17. The first-order valence-corrected chi connectivity index (χ1v) is 11.6. The Kier molecular flexibility index (Phi) is 4.52. The molecular formula is C23H19F3N4O2S. The van der Waals surface area contributed by atoms with Crippen LogP contribution in [0.3, 0.4) is 0 Å². The zero-order valence-corrected chi connectivity index (χ0v) is 18.3. The van der Waals surface area contributed by atoms with Gasteiger partial charge in [-0.3, -0.25) is 9.78 Å². The van der Waals surface area contributed by atoms with Crippen LogP contribution < -0.4 is 4.74 Å². The number of carbonyl (C=O) groups excluding carboxylic acids is 1. The van der Waals surface area contributed by atoms with Crippen LogP contribution >= 0.6 is 11.3 Å². The van der Waals surface area contributed by atoms with Crippen molar-refractivity contribution in [1.82, 2.24) is 19.9 Å². The summed E-state index contributed by atoms with van der Waals surface area (Å²) < 4.78 is 44.5. The summed E-state index contributed by atoms with van der Waals surface area (Å²) in [5.41, 5.74) is 1.23. The quantitative estimate of drug-likeness (QED) is 0.561. The Labute approximate surface area is 191 Å². The van der Waals surface area contributed by atoms with Crippen LogP contribution in [0.1, 0.15) is 28.0 Å². The number of nitrogens with zero attached hydrogens (tertiary/aromatic N) is 4. The van der Waals surface area contributed by atoms with E-state index in [1.165, 1.54) is 17.4 Å². The zero-order chi connectivity index (χ0) is 22.9. The van der Waals surface area contributed by atoms with Gasteiger partial charge in [0.2, 0.25) is 5.88 Å². The number of aryl methyl sites for hydroxylation is 1. The monoisotopic (exact) mass is 472 g/mol. The van der Waals surface area contributed by atoms with E-state index in [1.807, 2.05) is 23.3 Å². The molecule has 1 aliphatic heterocycles. The lowest BCUT2D eigenvalue weighted by molar-refractivity contribution is -0.137. The molecule has 4 heterocycles. The number of likely N-dealkylation sites (tertiary alicyclic amines) is 1. The summed E-state index contributed by atoms with van der Waals surface area (Å²) in [7, 11) is 0. The van der Waals surface area contributed by atoms with Crippen molar-refractivity contribution >= 4 is 17.2 Å². The van der Waals surface area contributed by atoms with Crippen LogP contribution in [0.5, 0.6) is 5.88 Å². The smallest absolute Gasteiger partial charge is 0.417 e. The van der Waals surface area contributed by atoms with E-state index in [0.29, 0.717) is 30.0 Å². The number of fused-ring (bicyclic) bond motifs is 1. The zero-order valence-electron chi connectivity index (χ0n) is 17.5. The SMILES string of the molecule is Cc1ccnc(C(=O)N2CC3C4CC(Oc5ccc(C(F)(F)F)cn5)C2C43)c1-c1nccs1. The van der Waals surface area contributed by atoms with Crippen molar-refractivity contribution < 1.29 is 22.7 Å². The molecule has 10 heteroatoms. The number of piperidine rings is 1. The van der Waals surface area contributed by atoms with Gasteiger partial charge in [-0.2, -0.15) is 13.2 Å². The molecule has 6 nitrogen and oxygen atoms in total. The number of alkyl halides is 3. The van der Waals surface area contributed by atoms with Crippen LogP contribution in [0.25, 0.3) is 10.6 Å². The highest BCUT2D eigenvalue weighted by molar-refractivity contribution is 7.13. The fourth-order valence-corrected chi connectivity index (χ4v) is 6.31. The van der Waals surface area contributed by atoms with Crippen molar-refractivity contribution in [3.8, 4) is 16.5 Å². The highest BCUT2D eigenvalue weighted by Gasteiger charge is 2.70. The maximum Gasteiger partial charge on any atom is 0.417 e. The van der Waals surface area contributed by atoms with Crippen LogP contribution in [0.2, 0.25) is 0 Å². The number of rotatable bonds is 4. The van der Waals surface area contributed by atoms with E-state index >= 15 is 0 Å². The first kappa shape index (κ1) is 20.6. The topological polar surface area (TPSA) is 68.2 Å². The number of ether oxygens (including phenoxy) is 1. The number of amides is 1. The minimum atomic E-state index is -4.45. The fourth-order valence-electron chi connectivity index (χ4n) is 5.57. The van der Waals surface area contributed by atoms with Crippen LogP contribution in [0.4, 0.5) is 13.2 Å². The number of thiazole rings is 1. The van der Waals surface area contributed by atoms with E-state index in [9.17, 15) is 18.0 Å². The molecule has 0 radical (unpaired) electrons. The van der Waals surface area contributed by atoms with Crippen molar-refractivity contribution in [2.45, 2.75) is 31.7 Å².